The maximum absolute atomic E-state index is 6.20. The van der Waals surface area contributed by atoms with Gasteiger partial charge in [-0.05, 0) is 18.4 Å². The third-order valence-electron chi connectivity index (χ3n) is 2.96. The molecule has 1 unspecified atom stereocenters. The molecule has 0 bridgehead atoms. The first-order valence-corrected chi connectivity index (χ1v) is 6.48. The van der Waals surface area contributed by atoms with Gasteiger partial charge in [0.25, 0.3) is 0 Å². The predicted octanol–water partition coefficient (Wildman–Crippen LogP) is 3.07. The lowest BCUT2D eigenvalue weighted by molar-refractivity contribution is 0.844. The molecule has 1 aromatic heterocycles. The van der Waals surface area contributed by atoms with Gasteiger partial charge in [-0.1, -0.05) is 30.3 Å². The van der Waals surface area contributed by atoms with Crippen LogP contribution in [0.4, 0.5) is 0 Å². The Kier molecular flexibility index (Phi) is 2.50. The van der Waals surface area contributed by atoms with E-state index in [1.54, 1.807) is 11.3 Å². The van der Waals surface area contributed by atoms with Crippen molar-refractivity contribution in [2.45, 2.75) is 24.8 Å². The molecular formula is C13H14N2S. The predicted molar refractivity (Wildman–Crippen MR) is 66.6 cm³/mol. The van der Waals surface area contributed by atoms with E-state index in [1.807, 2.05) is 18.2 Å². The van der Waals surface area contributed by atoms with E-state index in [1.165, 1.54) is 18.5 Å². The summed E-state index contributed by atoms with van der Waals surface area (Å²) in [6.07, 6.45) is 2.59. The molecule has 1 aliphatic rings. The average Bonchev–Trinajstić information content (AvgIpc) is 3.08. The van der Waals surface area contributed by atoms with Crippen molar-refractivity contribution in [3.8, 4) is 0 Å². The van der Waals surface area contributed by atoms with Gasteiger partial charge in [-0.25, -0.2) is 4.98 Å². The Labute approximate surface area is 99.1 Å². The first kappa shape index (κ1) is 10.00. The molecule has 2 nitrogen and oxygen atoms in total. The van der Waals surface area contributed by atoms with Gasteiger partial charge in [0.2, 0.25) is 0 Å². The van der Waals surface area contributed by atoms with Crippen LogP contribution in [0.15, 0.2) is 35.7 Å². The Morgan fingerprint density at radius 2 is 2.00 bits per heavy atom. The SMILES string of the molecule is NC(c1ccccc1)c1nc(C2CC2)cs1. The van der Waals surface area contributed by atoms with Crippen molar-refractivity contribution in [2.75, 3.05) is 0 Å². The topological polar surface area (TPSA) is 38.9 Å². The largest absolute Gasteiger partial charge is 0.318 e. The van der Waals surface area contributed by atoms with E-state index in [4.69, 9.17) is 5.73 Å². The molecule has 3 heteroatoms. The molecule has 0 aliphatic heterocycles. The fourth-order valence-electron chi connectivity index (χ4n) is 1.81. The molecule has 0 saturated heterocycles. The molecule has 1 saturated carbocycles. The Morgan fingerprint density at radius 3 is 2.69 bits per heavy atom. The minimum atomic E-state index is -0.0706. The van der Waals surface area contributed by atoms with Crippen LogP contribution in [0.5, 0.6) is 0 Å². The smallest absolute Gasteiger partial charge is 0.114 e. The number of hydrogen-bond acceptors (Lipinski definition) is 3. The van der Waals surface area contributed by atoms with Crippen LogP contribution in [0.3, 0.4) is 0 Å². The van der Waals surface area contributed by atoms with Crippen molar-refractivity contribution in [2.24, 2.45) is 5.73 Å². The summed E-state index contributed by atoms with van der Waals surface area (Å²) in [5.74, 6) is 0.716. The van der Waals surface area contributed by atoms with Gasteiger partial charge in [0, 0.05) is 11.3 Å². The maximum Gasteiger partial charge on any atom is 0.114 e. The van der Waals surface area contributed by atoms with Gasteiger partial charge in [0.15, 0.2) is 0 Å². The number of nitrogens with two attached hydrogens (primary N) is 1. The van der Waals surface area contributed by atoms with E-state index in [2.05, 4.69) is 22.5 Å². The summed E-state index contributed by atoms with van der Waals surface area (Å²) in [5.41, 5.74) is 8.58. The van der Waals surface area contributed by atoms with Crippen LogP contribution < -0.4 is 5.73 Å². The standard InChI is InChI=1S/C13H14N2S/c14-12(10-4-2-1-3-5-10)13-15-11(8-16-13)9-6-7-9/h1-5,8-9,12H,6-7,14H2. The first-order chi connectivity index (χ1) is 7.84. The van der Waals surface area contributed by atoms with Crippen LogP contribution in [-0.2, 0) is 0 Å². The second kappa shape index (κ2) is 4.00. The third kappa shape index (κ3) is 1.88. The molecule has 1 aromatic carbocycles. The van der Waals surface area contributed by atoms with Gasteiger partial charge in [0.05, 0.1) is 11.7 Å². The highest BCUT2D eigenvalue weighted by Crippen LogP contribution is 2.40. The van der Waals surface area contributed by atoms with Crippen molar-refractivity contribution >= 4 is 11.3 Å². The Hall–Kier alpha value is -1.19. The highest BCUT2D eigenvalue weighted by Gasteiger charge is 2.26. The number of nitrogens with zero attached hydrogens (tertiary/aromatic N) is 1. The number of benzene rings is 1. The molecule has 2 N–H and O–H groups in total. The Morgan fingerprint density at radius 1 is 1.25 bits per heavy atom. The van der Waals surface area contributed by atoms with Crippen LogP contribution in [-0.4, -0.2) is 4.98 Å². The summed E-state index contributed by atoms with van der Waals surface area (Å²) >= 11 is 1.68. The number of aromatic nitrogens is 1. The summed E-state index contributed by atoms with van der Waals surface area (Å²) in [7, 11) is 0. The summed E-state index contributed by atoms with van der Waals surface area (Å²) < 4.78 is 0. The quantitative estimate of drug-likeness (QED) is 0.880. The third-order valence-corrected chi connectivity index (χ3v) is 3.91. The molecule has 1 aliphatic carbocycles. The van der Waals surface area contributed by atoms with Crippen molar-refractivity contribution in [3.05, 3.63) is 52.0 Å². The van der Waals surface area contributed by atoms with Crippen molar-refractivity contribution < 1.29 is 0 Å². The molecule has 16 heavy (non-hydrogen) atoms. The van der Waals surface area contributed by atoms with E-state index < -0.39 is 0 Å². The Balaban J connectivity index is 1.85. The fraction of sp³-hybridized carbons (Fsp3) is 0.308. The highest BCUT2D eigenvalue weighted by molar-refractivity contribution is 7.09. The van der Waals surface area contributed by atoms with Gasteiger partial charge >= 0.3 is 0 Å². The number of rotatable bonds is 3. The summed E-state index contributed by atoms with van der Waals surface area (Å²) in [6.45, 7) is 0. The van der Waals surface area contributed by atoms with Crippen molar-refractivity contribution in [3.63, 3.8) is 0 Å². The molecule has 1 fully saturated rings. The average molecular weight is 230 g/mol. The molecule has 1 heterocycles. The normalized spacial score (nSPS) is 17.3. The highest BCUT2D eigenvalue weighted by atomic mass is 32.1. The van der Waals surface area contributed by atoms with Crippen LogP contribution in [0.25, 0.3) is 0 Å². The monoisotopic (exact) mass is 230 g/mol. The summed E-state index contributed by atoms with van der Waals surface area (Å²) in [6, 6.07) is 10.1. The fourth-order valence-corrected chi connectivity index (χ4v) is 2.74. The van der Waals surface area contributed by atoms with Crippen LogP contribution >= 0.6 is 11.3 Å². The van der Waals surface area contributed by atoms with E-state index in [0.29, 0.717) is 5.92 Å². The molecule has 0 spiro atoms. The van der Waals surface area contributed by atoms with Crippen molar-refractivity contribution in [1.82, 2.24) is 4.98 Å². The zero-order valence-corrected chi connectivity index (χ0v) is 9.78. The number of hydrogen-bond donors (Lipinski definition) is 1. The molecule has 0 amide bonds. The lowest BCUT2D eigenvalue weighted by atomic mass is 10.1. The van der Waals surface area contributed by atoms with Gasteiger partial charge in [-0.3, -0.25) is 0 Å². The summed E-state index contributed by atoms with van der Waals surface area (Å²) in [4.78, 5) is 4.64. The lowest BCUT2D eigenvalue weighted by Crippen LogP contribution is -2.11. The molecule has 3 rings (SSSR count). The zero-order chi connectivity index (χ0) is 11.0. The van der Waals surface area contributed by atoms with Gasteiger partial charge in [-0.2, -0.15) is 0 Å². The van der Waals surface area contributed by atoms with Gasteiger partial charge < -0.3 is 5.73 Å². The van der Waals surface area contributed by atoms with E-state index in [-0.39, 0.29) is 6.04 Å². The zero-order valence-electron chi connectivity index (χ0n) is 8.97. The second-order valence-electron chi connectivity index (χ2n) is 4.27. The molecule has 2 aromatic rings. The minimum Gasteiger partial charge on any atom is -0.318 e. The Bertz CT molecular complexity index is 474. The molecule has 1 atom stereocenters. The van der Waals surface area contributed by atoms with E-state index in [9.17, 15) is 0 Å². The second-order valence-corrected chi connectivity index (χ2v) is 5.16. The summed E-state index contributed by atoms with van der Waals surface area (Å²) in [5, 5.41) is 3.20. The molecule has 0 radical (unpaired) electrons. The van der Waals surface area contributed by atoms with Crippen molar-refractivity contribution in [1.29, 1.82) is 0 Å². The molecular weight excluding hydrogens is 216 g/mol. The minimum absolute atomic E-state index is 0.0706. The van der Waals surface area contributed by atoms with E-state index >= 15 is 0 Å². The van der Waals surface area contributed by atoms with Gasteiger partial charge in [0.1, 0.15) is 5.01 Å². The van der Waals surface area contributed by atoms with E-state index in [0.717, 1.165) is 10.6 Å². The molecule has 82 valence electrons. The first-order valence-electron chi connectivity index (χ1n) is 5.60. The lowest BCUT2D eigenvalue weighted by Gasteiger charge is -2.07. The van der Waals surface area contributed by atoms with Crippen LogP contribution in [0.2, 0.25) is 0 Å². The maximum atomic E-state index is 6.20. The van der Waals surface area contributed by atoms with Gasteiger partial charge in [-0.15, -0.1) is 11.3 Å². The van der Waals surface area contributed by atoms with Crippen LogP contribution in [0, 0.1) is 0 Å². The number of thiazole rings is 1. The van der Waals surface area contributed by atoms with Crippen LogP contribution in [0.1, 0.15) is 41.1 Å².